The molecule has 0 aromatic carbocycles. The minimum atomic E-state index is -0.735. The van der Waals surface area contributed by atoms with E-state index in [0.717, 1.165) is 38.5 Å². The smallest absolute Gasteiger partial charge is 0.349 e. The lowest BCUT2D eigenvalue weighted by Crippen LogP contribution is -2.40. The molecule has 1 aromatic rings. The fourth-order valence-electron chi connectivity index (χ4n) is 3.47. The fraction of sp³-hybridized carbons (Fsp3) is 0.667. The first-order chi connectivity index (χ1) is 11.0. The molecule has 4 nitrogen and oxygen atoms in total. The van der Waals surface area contributed by atoms with Crippen LogP contribution in [0.3, 0.4) is 0 Å². The number of hydrogen-bond donors (Lipinski definition) is 1. The van der Waals surface area contributed by atoms with Crippen LogP contribution in [0.1, 0.15) is 66.1 Å². The third-order valence-corrected chi connectivity index (χ3v) is 6.10. The summed E-state index contributed by atoms with van der Waals surface area (Å²) in [6.07, 6.45) is 6.92. The number of fused-ring (bicyclic) bond motifs is 1. The normalized spacial score (nSPS) is 22.4. The van der Waals surface area contributed by atoms with E-state index in [2.05, 4.69) is 12.2 Å². The Morgan fingerprint density at radius 2 is 2.04 bits per heavy atom. The molecule has 1 saturated carbocycles. The highest BCUT2D eigenvalue weighted by Crippen LogP contribution is 2.32. The summed E-state index contributed by atoms with van der Waals surface area (Å²) < 4.78 is 5.37. The predicted molar refractivity (Wildman–Crippen MR) is 90.8 cm³/mol. The van der Waals surface area contributed by atoms with Crippen molar-refractivity contribution in [1.29, 1.82) is 0 Å². The molecule has 126 valence electrons. The first kappa shape index (κ1) is 16.5. The van der Waals surface area contributed by atoms with Crippen LogP contribution in [0.4, 0.5) is 0 Å². The fourth-order valence-corrected chi connectivity index (χ4v) is 4.56. The van der Waals surface area contributed by atoms with Crippen LogP contribution in [0, 0.1) is 5.92 Å². The number of carbonyl (C=O) groups excluding carboxylic acids is 2. The largest absolute Gasteiger partial charge is 0.448 e. The van der Waals surface area contributed by atoms with Gasteiger partial charge in [-0.3, -0.25) is 4.79 Å². The van der Waals surface area contributed by atoms with Crippen LogP contribution in [0.25, 0.3) is 0 Å². The van der Waals surface area contributed by atoms with Crippen molar-refractivity contribution in [2.75, 3.05) is 0 Å². The average molecular weight is 335 g/mol. The highest BCUT2D eigenvalue weighted by molar-refractivity contribution is 7.14. The van der Waals surface area contributed by atoms with Crippen molar-refractivity contribution in [2.24, 2.45) is 5.92 Å². The van der Waals surface area contributed by atoms with E-state index in [1.54, 1.807) is 6.92 Å². The Hall–Kier alpha value is -1.36. The summed E-state index contributed by atoms with van der Waals surface area (Å²) in [6.45, 7) is 3.89. The van der Waals surface area contributed by atoms with Crippen LogP contribution < -0.4 is 5.32 Å². The van der Waals surface area contributed by atoms with Crippen molar-refractivity contribution < 1.29 is 14.3 Å². The molecule has 2 aliphatic carbocycles. The second-order valence-electron chi connectivity index (χ2n) is 6.94. The van der Waals surface area contributed by atoms with Gasteiger partial charge in [0.1, 0.15) is 4.88 Å². The second kappa shape index (κ2) is 7.04. The van der Waals surface area contributed by atoms with E-state index >= 15 is 0 Å². The Morgan fingerprint density at radius 1 is 1.30 bits per heavy atom. The SMILES string of the molecule is C[C@H]1CCc2sc(C(=O)O[C@H](C)C(=O)NC3CCCC3)cc2C1. The molecule has 0 aliphatic heterocycles. The van der Waals surface area contributed by atoms with Crippen LogP contribution >= 0.6 is 11.3 Å². The Balaban J connectivity index is 1.56. The Morgan fingerprint density at radius 3 is 2.78 bits per heavy atom. The van der Waals surface area contributed by atoms with E-state index < -0.39 is 6.10 Å². The maximum Gasteiger partial charge on any atom is 0.349 e. The molecule has 0 bridgehead atoms. The van der Waals surface area contributed by atoms with Gasteiger partial charge in [0.2, 0.25) is 0 Å². The van der Waals surface area contributed by atoms with Crippen LogP contribution in [-0.2, 0) is 22.4 Å². The number of esters is 1. The lowest BCUT2D eigenvalue weighted by atomic mass is 9.90. The molecule has 1 N–H and O–H groups in total. The monoisotopic (exact) mass is 335 g/mol. The topological polar surface area (TPSA) is 55.4 Å². The molecule has 0 radical (unpaired) electrons. The third kappa shape index (κ3) is 3.94. The molecule has 1 heterocycles. The number of amides is 1. The Labute approximate surface area is 141 Å². The lowest BCUT2D eigenvalue weighted by molar-refractivity contribution is -0.129. The molecule has 3 rings (SSSR count). The van der Waals surface area contributed by atoms with Crippen LogP contribution in [0.5, 0.6) is 0 Å². The van der Waals surface area contributed by atoms with E-state index in [0.29, 0.717) is 10.8 Å². The first-order valence-electron chi connectivity index (χ1n) is 8.66. The van der Waals surface area contributed by atoms with E-state index in [9.17, 15) is 9.59 Å². The average Bonchev–Trinajstić information content (AvgIpc) is 3.15. The van der Waals surface area contributed by atoms with Crippen molar-refractivity contribution in [2.45, 2.75) is 70.9 Å². The van der Waals surface area contributed by atoms with Gasteiger partial charge in [0.15, 0.2) is 6.10 Å². The number of nitrogens with one attached hydrogen (secondary N) is 1. The van der Waals surface area contributed by atoms with E-state index in [-0.39, 0.29) is 17.9 Å². The molecule has 1 amide bonds. The number of carbonyl (C=O) groups is 2. The van der Waals surface area contributed by atoms with Crippen molar-refractivity contribution >= 4 is 23.2 Å². The summed E-state index contributed by atoms with van der Waals surface area (Å²) in [5, 5.41) is 2.98. The van der Waals surface area contributed by atoms with E-state index in [1.807, 2.05) is 6.07 Å². The molecule has 2 atom stereocenters. The molecule has 23 heavy (non-hydrogen) atoms. The third-order valence-electron chi connectivity index (χ3n) is 4.88. The summed E-state index contributed by atoms with van der Waals surface area (Å²) in [4.78, 5) is 26.4. The van der Waals surface area contributed by atoms with Gasteiger partial charge in [-0.1, -0.05) is 19.8 Å². The standard InChI is InChI=1S/C18H25NO3S/c1-11-7-8-15-13(9-11)10-16(23-15)18(21)22-12(2)17(20)19-14-5-3-4-6-14/h10-12,14H,3-9H2,1-2H3,(H,19,20)/t11-,12+/m0/s1. The summed E-state index contributed by atoms with van der Waals surface area (Å²) in [5.74, 6) is 0.128. The number of ether oxygens (including phenoxy) is 1. The highest BCUT2D eigenvalue weighted by atomic mass is 32.1. The van der Waals surface area contributed by atoms with Gasteiger partial charge in [-0.2, -0.15) is 0 Å². The second-order valence-corrected chi connectivity index (χ2v) is 8.08. The summed E-state index contributed by atoms with van der Waals surface area (Å²) in [7, 11) is 0. The van der Waals surface area contributed by atoms with Gasteiger partial charge >= 0.3 is 5.97 Å². The number of hydrogen-bond acceptors (Lipinski definition) is 4. The quantitative estimate of drug-likeness (QED) is 0.857. The van der Waals surface area contributed by atoms with Crippen molar-refractivity contribution in [3.63, 3.8) is 0 Å². The van der Waals surface area contributed by atoms with Crippen molar-refractivity contribution in [1.82, 2.24) is 5.32 Å². The maximum atomic E-state index is 12.3. The zero-order valence-corrected chi connectivity index (χ0v) is 14.7. The molecule has 2 aliphatic rings. The summed E-state index contributed by atoms with van der Waals surface area (Å²) >= 11 is 1.53. The molecular weight excluding hydrogens is 310 g/mol. The number of thiophene rings is 1. The van der Waals surface area contributed by atoms with Gasteiger partial charge in [0.05, 0.1) is 0 Å². The molecule has 0 spiro atoms. The lowest BCUT2D eigenvalue weighted by Gasteiger charge is -2.16. The number of aryl methyl sites for hydroxylation is 1. The Bertz CT molecular complexity index is 589. The van der Waals surface area contributed by atoms with Gasteiger partial charge in [0, 0.05) is 10.9 Å². The van der Waals surface area contributed by atoms with Gasteiger partial charge in [-0.15, -0.1) is 11.3 Å². The molecule has 0 saturated heterocycles. The zero-order valence-electron chi connectivity index (χ0n) is 13.9. The van der Waals surface area contributed by atoms with Crippen LogP contribution in [-0.4, -0.2) is 24.0 Å². The molecule has 1 fully saturated rings. The minimum absolute atomic E-state index is 0.180. The molecular formula is C18H25NO3S. The summed E-state index contributed by atoms with van der Waals surface area (Å²) in [6, 6.07) is 2.21. The molecule has 0 unspecified atom stereocenters. The summed E-state index contributed by atoms with van der Waals surface area (Å²) in [5.41, 5.74) is 1.28. The number of rotatable bonds is 4. The minimum Gasteiger partial charge on any atom is -0.448 e. The van der Waals surface area contributed by atoms with E-state index in [1.165, 1.54) is 28.2 Å². The molecule has 1 aromatic heterocycles. The first-order valence-corrected chi connectivity index (χ1v) is 9.47. The predicted octanol–water partition coefficient (Wildman–Crippen LogP) is 3.48. The van der Waals surface area contributed by atoms with E-state index in [4.69, 9.17) is 4.74 Å². The van der Waals surface area contributed by atoms with Gasteiger partial charge < -0.3 is 10.1 Å². The zero-order chi connectivity index (χ0) is 16.4. The van der Waals surface area contributed by atoms with Gasteiger partial charge in [-0.25, -0.2) is 4.79 Å². The maximum absolute atomic E-state index is 12.3. The highest BCUT2D eigenvalue weighted by Gasteiger charge is 2.26. The van der Waals surface area contributed by atoms with Crippen molar-refractivity contribution in [3.05, 3.63) is 21.4 Å². The Kier molecular flexibility index (Phi) is 5.05. The molecule has 5 heteroatoms. The van der Waals surface area contributed by atoms with Gasteiger partial charge in [-0.05, 0) is 56.6 Å². The van der Waals surface area contributed by atoms with Gasteiger partial charge in [0.25, 0.3) is 5.91 Å². The van der Waals surface area contributed by atoms with Crippen LogP contribution in [0.2, 0.25) is 0 Å². The van der Waals surface area contributed by atoms with Crippen LogP contribution in [0.15, 0.2) is 6.07 Å². The van der Waals surface area contributed by atoms with Crippen molar-refractivity contribution in [3.8, 4) is 0 Å².